The van der Waals surface area contributed by atoms with Crippen LogP contribution in [0.1, 0.15) is 31.4 Å². The van der Waals surface area contributed by atoms with Gasteiger partial charge in [0.05, 0.1) is 0 Å². The van der Waals surface area contributed by atoms with Crippen LogP contribution in [0.4, 0.5) is 10.1 Å². The van der Waals surface area contributed by atoms with Gasteiger partial charge >= 0.3 is 0 Å². The van der Waals surface area contributed by atoms with Crippen LogP contribution in [0.25, 0.3) is 0 Å². The third kappa shape index (κ3) is 1.29. The molecule has 0 unspecified atom stereocenters. The highest BCUT2D eigenvalue weighted by Gasteiger charge is 2.28. The first-order chi connectivity index (χ1) is 6.52. The van der Waals surface area contributed by atoms with Crippen molar-refractivity contribution in [2.75, 3.05) is 11.9 Å². The standard InChI is InChI=1S/C12H16FN/c1-8-10(13)5-4-9-11(8)14-7-6-12(9,2)3/h4-5,14H,6-7H2,1-3H3. The molecule has 1 aromatic rings. The molecule has 1 aromatic carbocycles. The minimum atomic E-state index is -0.117. The summed E-state index contributed by atoms with van der Waals surface area (Å²) < 4.78 is 13.3. The first kappa shape index (κ1) is 9.50. The summed E-state index contributed by atoms with van der Waals surface area (Å²) in [6, 6.07) is 3.48. The molecule has 14 heavy (non-hydrogen) atoms. The molecule has 1 aliphatic heterocycles. The van der Waals surface area contributed by atoms with Gasteiger partial charge in [-0.1, -0.05) is 19.9 Å². The molecule has 0 aromatic heterocycles. The maximum atomic E-state index is 13.3. The second kappa shape index (κ2) is 2.97. The van der Waals surface area contributed by atoms with Gasteiger partial charge in [0.15, 0.2) is 0 Å². The number of nitrogens with one attached hydrogen (secondary N) is 1. The Morgan fingerprint density at radius 2 is 2.07 bits per heavy atom. The van der Waals surface area contributed by atoms with Gasteiger partial charge in [0, 0.05) is 17.8 Å². The van der Waals surface area contributed by atoms with Crippen LogP contribution >= 0.6 is 0 Å². The summed E-state index contributed by atoms with van der Waals surface area (Å²) in [5.41, 5.74) is 3.15. The molecule has 0 saturated carbocycles. The van der Waals surface area contributed by atoms with E-state index in [1.165, 1.54) is 5.56 Å². The van der Waals surface area contributed by atoms with E-state index in [9.17, 15) is 4.39 Å². The summed E-state index contributed by atoms with van der Waals surface area (Å²) in [6.45, 7) is 7.20. The second-order valence-electron chi connectivity index (χ2n) is 4.66. The van der Waals surface area contributed by atoms with Crippen molar-refractivity contribution in [3.05, 3.63) is 29.1 Å². The van der Waals surface area contributed by atoms with Crippen molar-refractivity contribution in [2.24, 2.45) is 0 Å². The van der Waals surface area contributed by atoms with Crippen molar-refractivity contribution in [3.63, 3.8) is 0 Å². The summed E-state index contributed by atoms with van der Waals surface area (Å²) in [7, 11) is 0. The Labute approximate surface area is 84.3 Å². The number of fused-ring (bicyclic) bond motifs is 1. The Bertz CT molecular complexity index is 369. The molecule has 2 rings (SSSR count). The van der Waals surface area contributed by atoms with E-state index in [0.717, 1.165) is 24.2 Å². The van der Waals surface area contributed by atoms with Crippen molar-refractivity contribution in [2.45, 2.75) is 32.6 Å². The maximum Gasteiger partial charge on any atom is 0.128 e. The largest absolute Gasteiger partial charge is 0.384 e. The van der Waals surface area contributed by atoms with Gasteiger partial charge in [0.25, 0.3) is 0 Å². The predicted molar refractivity (Wildman–Crippen MR) is 57.3 cm³/mol. The topological polar surface area (TPSA) is 12.0 Å². The van der Waals surface area contributed by atoms with E-state index >= 15 is 0 Å². The lowest BCUT2D eigenvalue weighted by molar-refractivity contribution is 0.479. The number of hydrogen-bond donors (Lipinski definition) is 1. The molecule has 2 heteroatoms. The SMILES string of the molecule is Cc1c(F)ccc2c1NCCC2(C)C. The normalized spacial score (nSPS) is 18.6. The lowest BCUT2D eigenvalue weighted by Gasteiger charge is -2.34. The fourth-order valence-electron chi connectivity index (χ4n) is 2.11. The Morgan fingerprint density at radius 1 is 1.36 bits per heavy atom. The zero-order chi connectivity index (χ0) is 10.3. The molecule has 0 saturated heterocycles. The van der Waals surface area contributed by atoms with Crippen LogP contribution in [-0.2, 0) is 5.41 Å². The molecule has 0 atom stereocenters. The fraction of sp³-hybridized carbons (Fsp3) is 0.500. The fourth-order valence-corrected chi connectivity index (χ4v) is 2.11. The van der Waals surface area contributed by atoms with E-state index < -0.39 is 0 Å². The molecule has 0 amide bonds. The number of hydrogen-bond acceptors (Lipinski definition) is 1. The van der Waals surface area contributed by atoms with Gasteiger partial charge in [-0.25, -0.2) is 4.39 Å². The van der Waals surface area contributed by atoms with Crippen LogP contribution in [0.3, 0.4) is 0 Å². The van der Waals surface area contributed by atoms with Crippen LogP contribution in [0.5, 0.6) is 0 Å². The van der Waals surface area contributed by atoms with Crippen molar-refractivity contribution in [1.82, 2.24) is 0 Å². The van der Waals surface area contributed by atoms with Crippen LogP contribution in [0.15, 0.2) is 12.1 Å². The average Bonchev–Trinajstić information content (AvgIpc) is 2.11. The van der Waals surface area contributed by atoms with E-state index in [-0.39, 0.29) is 11.2 Å². The Morgan fingerprint density at radius 3 is 2.79 bits per heavy atom. The van der Waals surface area contributed by atoms with Crippen LogP contribution < -0.4 is 5.32 Å². The second-order valence-corrected chi connectivity index (χ2v) is 4.66. The van der Waals surface area contributed by atoms with Crippen molar-refractivity contribution >= 4 is 5.69 Å². The Hall–Kier alpha value is -1.05. The van der Waals surface area contributed by atoms with Crippen molar-refractivity contribution < 1.29 is 4.39 Å². The van der Waals surface area contributed by atoms with E-state index in [1.807, 2.05) is 13.0 Å². The zero-order valence-electron chi connectivity index (χ0n) is 8.95. The first-order valence-corrected chi connectivity index (χ1v) is 5.06. The van der Waals surface area contributed by atoms with Gasteiger partial charge in [0.1, 0.15) is 5.82 Å². The molecule has 76 valence electrons. The quantitative estimate of drug-likeness (QED) is 0.667. The Kier molecular flexibility index (Phi) is 2.02. The van der Waals surface area contributed by atoms with E-state index in [0.29, 0.717) is 0 Å². The third-order valence-electron chi connectivity index (χ3n) is 3.18. The predicted octanol–water partition coefficient (Wildman–Crippen LogP) is 3.23. The van der Waals surface area contributed by atoms with Crippen molar-refractivity contribution in [3.8, 4) is 0 Å². The highest BCUT2D eigenvalue weighted by atomic mass is 19.1. The molecule has 0 aliphatic carbocycles. The van der Waals surface area contributed by atoms with E-state index in [2.05, 4.69) is 19.2 Å². The molecule has 1 aliphatic rings. The molecule has 0 spiro atoms. The molecule has 1 N–H and O–H groups in total. The van der Waals surface area contributed by atoms with Gasteiger partial charge in [-0.15, -0.1) is 0 Å². The maximum absolute atomic E-state index is 13.3. The number of rotatable bonds is 0. The highest BCUT2D eigenvalue weighted by Crippen LogP contribution is 2.38. The first-order valence-electron chi connectivity index (χ1n) is 5.06. The minimum Gasteiger partial charge on any atom is -0.384 e. The lowest BCUT2D eigenvalue weighted by atomic mass is 9.77. The smallest absolute Gasteiger partial charge is 0.128 e. The summed E-state index contributed by atoms with van der Waals surface area (Å²) in [4.78, 5) is 0. The molecule has 0 fully saturated rings. The summed E-state index contributed by atoms with van der Waals surface area (Å²) in [6.07, 6.45) is 1.10. The molecular weight excluding hydrogens is 177 g/mol. The number of anilines is 1. The lowest BCUT2D eigenvalue weighted by Crippen LogP contribution is -2.29. The monoisotopic (exact) mass is 193 g/mol. The van der Waals surface area contributed by atoms with Crippen LogP contribution in [-0.4, -0.2) is 6.54 Å². The summed E-state index contributed by atoms with van der Waals surface area (Å²) in [5, 5.41) is 3.29. The van der Waals surface area contributed by atoms with Gasteiger partial charge in [-0.05, 0) is 30.4 Å². The van der Waals surface area contributed by atoms with Gasteiger partial charge in [-0.2, -0.15) is 0 Å². The molecule has 1 heterocycles. The van der Waals surface area contributed by atoms with Gasteiger partial charge in [0.2, 0.25) is 0 Å². The molecule has 0 bridgehead atoms. The Balaban J connectivity index is 2.62. The van der Waals surface area contributed by atoms with Crippen molar-refractivity contribution in [1.29, 1.82) is 0 Å². The van der Waals surface area contributed by atoms with E-state index in [1.54, 1.807) is 6.07 Å². The minimum absolute atomic E-state index is 0.117. The molecule has 1 nitrogen and oxygen atoms in total. The third-order valence-corrected chi connectivity index (χ3v) is 3.18. The highest BCUT2D eigenvalue weighted by molar-refractivity contribution is 5.61. The number of benzene rings is 1. The van der Waals surface area contributed by atoms with Crippen LogP contribution in [0, 0.1) is 12.7 Å². The van der Waals surface area contributed by atoms with Gasteiger partial charge in [-0.3, -0.25) is 0 Å². The van der Waals surface area contributed by atoms with E-state index in [4.69, 9.17) is 0 Å². The molecule has 0 radical (unpaired) electrons. The summed E-state index contributed by atoms with van der Waals surface area (Å²) in [5.74, 6) is -0.117. The molecular formula is C12H16FN. The van der Waals surface area contributed by atoms with Crippen LogP contribution in [0.2, 0.25) is 0 Å². The average molecular weight is 193 g/mol. The number of halogens is 1. The van der Waals surface area contributed by atoms with Gasteiger partial charge < -0.3 is 5.32 Å². The zero-order valence-corrected chi connectivity index (χ0v) is 8.95. The summed E-state index contributed by atoms with van der Waals surface area (Å²) >= 11 is 0.